The van der Waals surface area contributed by atoms with Crippen molar-refractivity contribution in [3.63, 3.8) is 0 Å². The molecular weight excluding hydrogens is 436 g/mol. The molecular formula is C18H30N2O8S2. The molecule has 6 N–H and O–H groups in total. The van der Waals surface area contributed by atoms with Crippen molar-refractivity contribution in [1.82, 2.24) is 10.6 Å². The van der Waals surface area contributed by atoms with E-state index in [-0.39, 0.29) is 35.2 Å². The van der Waals surface area contributed by atoms with Gasteiger partial charge in [-0.25, -0.2) is 9.59 Å². The minimum Gasteiger partial charge on any atom is -0.480 e. The van der Waals surface area contributed by atoms with Crippen molar-refractivity contribution in [3.05, 3.63) is 25.3 Å². The highest BCUT2D eigenvalue weighted by Crippen LogP contribution is 2.12. The third kappa shape index (κ3) is 16.9. The lowest BCUT2D eigenvalue weighted by Crippen LogP contribution is -2.41. The zero-order valence-corrected chi connectivity index (χ0v) is 18.6. The van der Waals surface area contributed by atoms with Gasteiger partial charge in [-0.3, -0.25) is 9.59 Å². The number of nitrogens with one attached hydrogen (secondary N) is 2. The van der Waals surface area contributed by atoms with Crippen molar-refractivity contribution >= 4 is 47.3 Å². The Hall–Kier alpha value is -2.02. The average molecular weight is 467 g/mol. The number of carboxylic acids is 2. The molecule has 12 heteroatoms. The van der Waals surface area contributed by atoms with Crippen LogP contribution in [-0.2, 0) is 19.2 Å². The lowest BCUT2D eigenvalue weighted by molar-refractivity contribution is -0.141. The zero-order chi connectivity index (χ0) is 23.7. The Bertz CT molecular complexity index is 589. The Morgan fingerprint density at radius 1 is 0.900 bits per heavy atom. The summed E-state index contributed by atoms with van der Waals surface area (Å²) < 4.78 is 0. The number of aliphatic hydroxyl groups is 2. The fourth-order valence-electron chi connectivity index (χ4n) is 1.63. The Morgan fingerprint density at radius 3 is 1.70 bits per heavy atom. The summed E-state index contributed by atoms with van der Waals surface area (Å²) in [6.45, 7) is 9.32. The van der Waals surface area contributed by atoms with Gasteiger partial charge in [0.25, 0.3) is 0 Å². The molecule has 0 aliphatic heterocycles. The van der Waals surface area contributed by atoms with E-state index in [1.807, 2.05) is 0 Å². The number of carbonyl (C=O) groups excluding carboxylic acids is 2. The van der Waals surface area contributed by atoms with E-state index in [1.54, 1.807) is 0 Å². The van der Waals surface area contributed by atoms with Crippen LogP contribution in [0.25, 0.3) is 0 Å². The molecule has 172 valence electrons. The van der Waals surface area contributed by atoms with Crippen LogP contribution in [0.5, 0.6) is 0 Å². The van der Waals surface area contributed by atoms with Crippen LogP contribution < -0.4 is 10.6 Å². The number of thioether (sulfide) groups is 2. The lowest BCUT2D eigenvalue weighted by Gasteiger charge is -2.15. The number of carboxylic acid groups (broad SMARTS) is 2. The topological polar surface area (TPSA) is 173 Å². The standard InChI is InChI=1S/2C9H15NO4S/c1-3-7(12)4-15-5-8(9(13)14)10-6(2)11;1-3-7(4-11)15-5-8(9(13)14)10-6(2)12/h3,7-8,12H,1,4-5H2,2H3,(H,10,11)(H,13,14);3,7-8,11H,1,4-5H2,2H3,(H,10,12)(H,13,14)/t2*7?,8-/m00/s1. The smallest absolute Gasteiger partial charge is 0.327 e. The van der Waals surface area contributed by atoms with Gasteiger partial charge in [-0.05, 0) is 0 Å². The fraction of sp³-hybridized carbons (Fsp3) is 0.556. The van der Waals surface area contributed by atoms with E-state index in [0.717, 1.165) is 0 Å². The van der Waals surface area contributed by atoms with Gasteiger partial charge in [0.05, 0.1) is 12.7 Å². The van der Waals surface area contributed by atoms with Crippen molar-refractivity contribution in [1.29, 1.82) is 0 Å². The van der Waals surface area contributed by atoms with E-state index in [0.29, 0.717) is 5.75 Å². The summed E-state index contributed by atoms with van der Waals surface area (Å²) in [6, 6.07) is -1.84. The molecule has 0 aliphatic carbocycles. The van der Waals surface area contributed by atoms with Crippen LogP contribution in [0.4, 0.5) is 0 Å². The van der Waals surface area contributed by atoms with Crippen LogP contribution >= 0.6 is 23.5 Å². The number of hydrogen-bond donors (Lipinski definition) is 6. The predicted molar refractivity (Wildman–Crippen MR) is 118 cm³/mol. The molecule has 0 rings (SSSR count). The SMILES string of the molecule is C=CC(CO)SC[C@H](NC(C)=O)C(=O)O.C=CC(O)CSC[C@H](NC(C)=O)C(=O)O. The summed E-state index contributed by atoms with van der Waals surface area (Å²) >= 11 is 2.48. The number of carbonyl (C=O) groups is 4. The van der Waals surface area contributed by atoms with E-state index < -0.39 is 30.1 Å². The number of aliphatic carboxylic acids is 2. The summed E-state index contributed by atoms with van der Waals surface area (Å²) in [5.74, 6) is -2.14. The first-order chi connectivity index (χ1) is 14.0. The maximum absolute atomic E-state index is 10.7. The van der Waals surface area contributed by atoms with E-state index in [9.17, 15) is 19.2 Å². The largest absolute Gasteiger partial charge is 0.480 e. The lowest BCUT2D eigenvalue weighted by atomic mass is 10.3. The van der Waals surface area contributed by atoms with Gasteiger partial charge in [0.1, 0.15) is 12.1 Å². The second-order valence-electron chi connectivity index (χ2n) is 5.81. The average Bonchev–Trinajstić information content (AvgIpc) is 2.66. The molecule has 0 bridgehead atoms. The molecule has 0 aromatic rings. The van der Waals surface area contributed by atoms with Crippen LogP contribution in [0.2, 0.25) is 0 Å². The predicted octanol–water partition coefficient (Wildman–Crippen LogP) is -0.288. The first-order valence-electron chi connectivity index (χ1n) is 8.71. The summed E-state index contributed by atoms with van der Waals surface area (Å²) in [5, 5.41) is 39.9. The Labute approximate surface area is 184 Å². The number of rotatable bonds is 14. The van der Waals surface area contributed by atoms with Crippen LogP contribution in [0, 0.1) is 0 Å². The third-order valence-corrected chi connectivity index (χ3v) is 5.56. The molecule has 0 aromatic carbocycles. The molecule has 0 saturated heterocycles. The van der Waals surface area contributed by atoms with Crippen molar-refractivity contribution in [2.45, 2.75) is 37.3 Å². The van der Waals surface area contributed by atoms with Gasteiger partial charge >= 0.3 is 11.9 Å². The normalized spacial score (nSPS) is 14.0. The molecule has 0 aromatic heterocycles. The molecule has 30 heavy (non-hydrogen) atoms. The van der Waals surface area contributed by atoms with E-state index in [2.05, 4.69) is 23.8 Å². The van der Waals surface area contributed by atoms with E-state index in [1.165, 1.54) is 49.5 Å². The van der Waals surface area contributed by atoms with Crippen LogP contribution in [0.1, 0.15) is 13.8 Å². The molecule has 2 amide bonds. The van der Waals surface area contributed by atoms with Gasteiger partial charge in [0.2, 0.25) is 11.8 Å². The van der Waals surface area contributed by atoms with Gasteiger partial charge < -0.3 is 31.1 Å². The second-order valence-corrected chi connectivity index (χ2v) is 8.16. The number of amides is 2. The third-order valence-electron chi connectivity index (χ3n) is 3.12. The molecule has 0 spiro atoms. The van der Waals surface area contributed by atoms with Gasteiger partial charge in [-0.2, -0.15) is 11.8 Å². The summed E-state index contributed by atoms with van der Waals surface area (Å²) in [5.41, 5.74) is 0. The van der Waals surface area contributed by atoms with Gasteiger partial charge in [0.15, 0.2) is 0 Å². The molecule has 0 aliphatic rings. The highest BCUT2D eigenvalue weighted by Gasteiger charge is 2.20. The summed E-state index contributed by atoms with van der Waals surface area (Å²) in [6.07, 6.45) is 2.26. The fourth-order valence-corrected chi connectivity index (χ4v) is 3.51. The Morgan fingerprint density at radius 2 is 1.37 bits per heavy atom. The van der Waals surface area contributed by atoms with Crippen molar-refractivity contribution in [2.75, 3.05) is 23.9 Å². The molecule has 10 nitrogen and oxygen atoms in total. The maximum Gasteiger partial charge on any atom is 0.327 e. The minimum absolute atomic E-state index is 0.0966. The van der Waals surface area contributed by atoms with Crippen molar-refractivity contribution in [3.8, 4) is 0 Å². The molecule has 0 heterocycles. The Kier molecular flexibility index (Phi) is 17.9. The van der Waals surface area contributed by atoms with Gasteiger partial charge in [-0.1, -0.05) is 12.2 Å². The first-order valence-corrected chi connectivity index (χ1v) is 10.9. The quantitative estimate of drug-likeness (QED) is 0.187. The molecule has 0 saturated carbocycles. The highest BCUT2D eigenvalue weighted by molar-refractivity contribution is 8.00. The highest BCUT2D eigenvalue weighted by atomic mass is 32.2. The summed E-state index contributed by atoms with van der Waals surface area (Å²) in [7, 11) is 0. The summed E-state index contributed by atoms with van der Waals surface area (Å²) in [4.78, 5) is 42.7. The van der Waals surface area contributed by atoms with Gasteiger partial charge in [-0.15, -0.1) is 24.9 Å². The number of aliphatic hydroxyl groups excluding tert-OH is 2. The monoisotopic (exact) mass is 466 g/mol. The van der Waals surface area contributed by atoms with Crippen molar-refractivity contribution < 1.29 is 39.6 Å². The maximum atomic E-state index is 10.7. The molecule has 0 fully saturated rings. The van der Waals surface area contributed by atoms with Crippen LogP contribution in [-0.4, -0.2) is 91.5 Å². The van der Waals surface area contributed by atoms with E-state index in [4.69, 9.17) is 20.4 Å². The van der Waals surface area contributed by atoms with Crippen LogP contribution in [0.3, 0.4) is 0 Å². The molecule has 4 atom stereocenters. The van der Waals surface area contributed by atoms with Crippen molar-refractivity contribution in [2.24, 2.45) is 0 Å². The zero-order valence-electron chi connectivity index (χ0n) is 16.9. The van der Waals surface area contributed by atoms with Crippen LogP contribution in [0.15, 0.2) is 25.3 Å². The minimum atomic E-state index is -1.08. The second kappa shape index (κ2) is 17.8. The van der Waals surface area contributed by atoms with Gasteiger partial charge in [0, 0.05) is 36.4 Å². The molecule has 0 radical (unpaired) electrons. The molecule has 2 unspecified atom stereocenters. The number of hydrogen-bond acceptors (Lipinski definition) is 8. The van der Waals surface area contributed by atoms with E-state index >= 15 is 0 Å². The first kappa shape index (κ1) is 30.2. The Balaban J connectivity index is 0.